The Morgan fingerprint density at radius 1 is 1.70 bits per heavy atom. The van der Waals surface area contributed by atoms with Crippen molar-refractivity contribution < 1.29 is 15.0 Å². The fourth-order valence-corrected chi connectivity index (χ4v) is 0.478. The molecule has 0 amide bonds. The number of aliphatic hydroxyl groups is 1. The first-order valence-corrected chi connectivity index (χ1v) is 3.24. The third-order valence-corrected chi connectivity index (χ3v) is 1.20. The molecule has 0 fully saturated rings. The number of rotatable bonds is 4. The Bertz CT molecular complexity index is 116. The Hall–Kier alpha value is -0.610. The molecule has 0 rings (SSSR count). The van der Waals surface area contributed by atoms with Crippen molar-refractivity contribution >= 4 is 5.97 Å². The first-order chi connectivity index (χ1) is 4.57. The molecule has 2 atom stereocenters. The Morgan fingerprint density at radius 2 is 2.20 bits per heavy atom. The van der Waals surface area contributed by atoms with Crippen LogP contribution in [0.5, 0.6) is 0 Å². The molecule has 2 unspecified atom stereocenters. The number of carboxylic acids is 1. The van der Waals surface area contributed by atoms with Crippen LogP contribution < -0.4 is 5.32 Å². The summed E-state index contributed by atoms with van der Waals surface area (Å²) >= 11 is 0. The molecule has 60 valence electrons. The largest absolute Gasteiger partial charge is 0.480 e. The number of nitrogens with one attached hydrogen (secondary N) is 1. The fourth-order valence-electron chi connectivity index (χ4n) is 0.478. The monoisotopic (exact) mass is 147 g/mol. The second-order valence-corrected chi connectivity index (χ2v) is 2.15. The number of carboxylic acid groups (broad SMARTS) is 1. The van der Waals surface area contributed by atoms with Gasteiger partial charge in [-0.1, -0.05) is 6.92 Å². The van der Waals surface area contributed by atoms with E-state index in [1.54, 1.807) is 6.92 Å². The number of aliphatic carboxylic acids is 1. The molecule has 0 saturated heterocycles. The highest BCUT2D eigenvalue weighted by Gasteiger charge is 2.12. The van der Waals surface area contributed by atoms with Crippen molar-refractivity contribution in [2.24, 2.45) is 0 Å². The molecule has 4 nitrogen and oxygen atoms in total. The van der Waals surface area contributed by atoms with Gasteiger partial charge in [0.05, 0.1) is 0 Å². The molecule has 4 heteroatoms. The summed E-state index contributed by atoms with van der Waals surface area (Å²) in [6.07, 6.45) is -0.205. The van der Waals surface area contributed by atoms with Gasteiger partial charge < -0.3 is 10.2 Å². The van der Waals surface area contributed by atoms with Gasteiger partial charge >= 0.3 is 5.97 Å². The van der Waals surface area contributed by atoms with Crippen molar-refractivity contribution in [3.63, 3.8) is 0 Å². The average molecular weight is 147 g/mol. The van der Waals surface area contributed by atoms with Crippen molar-refractivity contribution in [3.8, 4) is 0 Å². The summed E-state index contributed by atoms with van der Waals surface area (Å²) in [5.74, 6) is -0.951. The SMILES string of the molecule is CCC(O)NC(C)C(=O)O. The van der Waals surface area contributed by atoms with E-state index >= 15 is 0 Å². The average Bonchev–Trinajstić information content (AvgIpc) is 1.87. The summed E-state index contributed by atoms with van der Waals surface area (Å²) in [4.78, 5) is 10.2. The van der Waals surface area contributed by atoms with E-state index < -0.39 is 18.2 Å². The van der Waals surface area contributed by atoms with Gasteiger partial charge in [-0.2, -0.15) is 0 Å². The first kappa shape index (κ1) is 9.39. The Balaban J connectivity index is 3.56. The Labute approximate surface area is 59.9 Å². The number of hydrogen-bond donors (Lipinski definition) is 3. The number of carbonyl (C=O) groups is 1. The molecule has 10 heavy (non-hydrogen) atoms. The van der Waals surface area contributed by atoms with E-state index in [1.165, 1.54) is 6.92 Å². The smallest absolute Gasteiger partial charge is 0.320 e. The van der Waals surface area contributed by atoms with Crippen molar-refractivity contribution in [3.05, 3.63) is 0 Å². The van der Waals surface area contributed by atoms with E-state index in [0.29, 0.717) is 6.42 Å². The summed E-state index contributed by atoms with van der Waals surface area (Å²) in [5.41, 5.74) is 0. The van der Waals surface area contributed by atoms with Gasteiger partial charge in [0.15, 0.2) is 0 Å². The summed E-state index contributed by atoms with van der Waals surface area (Å²) < 4.78 is 0. The molecule has 0 aliphatic carbocycles. The third kappa shape index (κ3) is 3.42. The van der Waals surface area contributed by atoms with E-state index in [1.807, 2.05) is 0 Å². The van der Waals surface area contributed by atoms with Crippen molar-refractivity contribution in [2.45, 2.75) is 32.5 Å². The molecule has 3 N–H and O–H groups in total. The highest BCUT2D eigenvalue weighted by molar-refractivity contribution is 5.72. The summed E-state index contributed by atoms with van der Waals surface area (Å²) in [6.45, 7) is 3.26. The highest BCUT2D eigenvalue weighted by atomic mass is 16.4. The molecule has 0 spiro atoms. The molecule has 0 heterocycles. The molecular formula is C6H13NO3. The topological polar surface area (TPSA) is 69.6 Å². The van der Waals surface area contributed by atoms with Gasteiger partial charge in [0.1, 0.15) is 12.3 Å². The lowest BCUT2D eigenvalue weighted by Gasteiger charge is -2.13. The van der Waals surface area contributed by atoms with Crippen LogP contribution in [-0.2, 0) is 4.79 Å². The van der Waals surface area contributed by atoms with Gasteiger partial charge in [0.25, 0.3) is 0 Å². The molecule has 0 aliphatic rings. The quantitative estimate of drug-likeness (QED) is 0.481. The zero-order valence-corrected chi connectivity index (χ0v) is 6.16. The van der Waals surface area contributed by atoms with E-state index in [-0.39, 0.29) is 0 Å². The standard InChI is InChI=1S/C6H13NO3/c1-3-5(8)7-4(2)6(9)10/h4-5,7-8H,3H2,1-2H3,(H,9,10). The molecule has 0 aromatic carbocycles. The van der Waals surface area contributed by atoms with Crippen molar-refractivity contribution in [2.75, 3.05) is 0 Å². The van der Waals surface area contributed by atoms with Gasteiger partial charge in [-0.3, -0.25) is 10.1 Å². The predicted molar refractivity (Wildman–Crippen MR) is 36.5 cm³/mol. The van der Waals surface area contributed by atoms with Crippen molar-refractivity contribution in [1.82, 2.24) is 5.32 Å². The fraction of sp³-hybridized carbons (Fsp3) is 0.833. The lowest BCUT2D eigenvalue weighted by molar-refractivity contribution is -0.140. The molecule has 0 radical (unpaired) electrons. The maximum atomic E-state index is 10.2. The zero-order valence-electron chi connectivity index (χ0n) is 6.16. The van der Waals surface area contributed by atoms with Gasteiger partial charge in [-0.15, -0.1) is 0 Å². The van der Waals surface area contributed by atoms with Crippen LogP contribution >= 0.6 is 0 Å². The third-order valence-electron chi connectivity index (χ3n) is 1.20. The minimum Gasteiger partial charge on any atom is -0.480 e. The molecule has 0 bridgehead atoms. The van der Waals surface area contributed by atoms with Crippen LogP contribution in [0.15, 0.2) is 0 Å². The van der Waals surface area contributed by atoms with Gasteiger partial charge in [0.2, 0.25) is 0 Å². The van der Waals surface area contributed by atoms with Crippen LogP contribution in [0.25, 0.3) is 0 Å². The second kappa shape index (κ2) is 4.24. The van der Waals surface area contributed by atoms with E-state index in [4.69, 9.17) is 10.2 Å². The highest BCUT2D eigenvalue weighted by Crippen LogP contribution is 1.88. The predicted octanol–water partition coefficient (Wildman–Crippen LogP) is -0.223. The number of aliphatic hydroxyl groups excluding tert-OH is 1. The van der Waals surface area contributed by atoms with Crippen LogP contribution in [0, 0.1) is 0 Å². The minimum absolute atomic E-state index is 0.512. The molecule has 0 aromatic rings. The van der Waals surface area contributed by atoms with Crippen LogP contribution in [0.2, 0.25) is 0 Å². The lowest BCUT2D eigenvalue weighted by atomic mass is 10.3. The maximum absolute atomic E-state index is 10.2. The van der Waals surface area contributed by atoms with Crippen LogP contribution in [0.4, 0.5) is 0 Å². The summed E-state index contributed by atoms with van der Waals surface area (Å²) in [5, 5.41) is 19.7. The zero-order chi connectivity index (χ0) is 8.15. The second-order valence-electron chi connectivity index (χ2n) is 2.15. The summed E-state index contributed by atoms with van der Waals surface area (Å²) in [7, 11) is 0. The molecule has 0 aromatic heterocycles. The number of hydrogen-bond acceptors (Lipinski definition) is 3. The molecular weight excluding hydrogens is 134 g/mol. The molecule has 0 aliphatic heterocycles. The van der Waals surface area contributed by atoms with Gasteiger partial charge in [-0.05, 0) is 13.3 Å². The van der Waals surface area contributed by atoms with Crippen LogP contribution in [0.1, 0.15) is 20.3 Å². The van der Waals surface area contributed by atoms with E-state index in [9.17, 15) is 4.79 Å². The Kier molecular flexibility index (Phi) is 3.99. The van der Waals surface area contributed by atoms with Gasteiger partial charge in [0, 0.05) is 0 Å². The maximum Gasteiger partial charge on any atom is 0.320 e. The lowest BCUT2D eigenvalue weighted by Crippen LogP contribution is -2.40. The van der Waals surface area contributed by atoms with Crippen LogP contribution in [-0.4, -0.2) is 28.5 Å². The van der Waals surface area contributed by atoms with Crippen molar-refractivity contribution in [1.29, 1.82) is 0 Å². The van der Waals surface area contributed by atoms with Gasteiger partial charge in [-0.25, -0.2) is 0 Å². The first-order valence-electron chi connectivity index (χ1n) is 3.24. The van der Waals surface area contributed by atoms with Crippen LogP contribution in [0.3, 0.4) is 0 Å². The normalized spacial score (nSPS) is 16.3. The van der Waals surface area contributed by atoms with E-state index in [0.717, 1.165) is 0 Å². The Morgan fingerprint density at radius 3 is 2.50 bits per heavy atom. The molecule has 0 saturated carbocycles. The summed E-state index contributed by atoms with van der Waals surface area (Å²) in [6, 6.07) is -0.685. The minimum atomic E-state index is -0.951. The van der Waals surface area contributed by atoms with E-state index in [2.05, 4.69) is 5.32 Å².